The first-order chi connectivity index (χ1) is 18.1. The van der Waals surface area contributed by atoms with E-state index in [4.69, 9.17) is 14.6 Å². The van der Waals surface area contributed by atoms with E-state index < -0.39 is 23.9 Å². The van der Waals surface area contributed by atoms with Crippen molar-refractivity contribution in [2.24, 2.45) is 0 Å². The number of carbonyl (C=O) groups excluding carboxylic acids is 3. The Morgan fingerprint density at radius 1 is 1.29 bits per heavy atom. The number of morpholine rings is 1. The molecular formula is C26H38N6O6. The van der Waals surface area contributed by atoms with Crippen molar-refractivity contribution >= 4 is 29.1 Å². The number of alkyl carbamates (subject to hydrolysis) is 1. The Kier molecular flexibility index (Phi) is 8.39. The lowest BCUT2D eigenvalue weighted by molar-refractivity contribution is -0.151. The SMILES string of the molecule is COC(=O)NCCCn1nc(C(C)N(C(=O)[C@H]2CN(C(=O)OC(C)(C)C)CCO2)C2CC2)c2cccnc21. The van der Waals surface area contributed by atoms with Crippen molar-refractivity contribution in [2.45, 2.75) is 77.3 Å². The third-order valence-electron chi connectivity index (χ3n) is 6.54. The number of hydrogen-bond donors (Lipinski definition) is 1. The minimum Gasteiger partial charge on any atom is -0.453 e. The summed E-state index contributed by atoms with van der Waals surface area (Å²) in [5.74, 6) is -0.151. The van der Waals surface area contributed by atoms with Gasteiger partial charge in [-0.05, 0) is 59.1 Å². The molecule has 0 bridgehead atoms. The smallest absolute Gasteiger partial charge is 0.410 e. The lowest BCUT2D eigenvalue weighted by Gasteiger charge is -2.37. The maximum Gasteiger partial charge on any atom is 0.410 e. The van der Waals surface area contributed by atoms with Crippen LogP contribution in [0.25, 0.3) is 11.0 Å². The predicted octanol–water partition coefficient (Wildman–Crippen LogP) is 2.87. The summed E-state index contributed by atoms with van der Waals surface area (Å²) in [6.45, 7) is 9.20. The van der Waals surface area contributed by atoms with Crippen molar-refractivity contribution in [3.8, 4) is 0 Å². The largest absolute Gasteiger partial charge is 0.453 e. The monoisotopic (exact) mass is 530 g/mol. The standard InChI is InChI=1S/C26H38N6O6/c1-17(21-19-8-6-11-27-22(19)31(29-21)13-7-12-28-24(34)36-5)32(18-9-10-18)23(33)20-16-30(14-15-37-20)25(35)38-26(2,3)4/h6,8,11,17-18,20H,7,9-10,12-16H2,1-5H3,(H,28,34)/t17?,20-/m1/s1. The summed E-state index contributed by atoms with van der Waals surface area (Å²) in [5.41, 5.74) is 0.863. The van der Waals surface area contributed by atoms with Crippen LogP contribution >= 0.6 is 0 Å². The number of aromatic nitrogens is 3. The van der Waals surface area contributed by atoms with Crippen molar-refractivity contribution in [3.63, 3.8) is 0 Å². The molecule has 12 heteroatoms. The molecule has 2 aromatic heterocycles. The van der Waals surface area contributed by atoms with Crippen molar-refractivity contribution < 1.29 is 28.6 Å². The van der Waals surface area contributed by atoms with Crippen LogP contribution in [0.1, 0.15) is 58.7 Å². The van der Waals surface area contributed by atoms with E-state index in [0.717, 1.165) is 29.6 Å². The van der Waals surface area contributed by atoms with E-state index in [9.17, 15) is 14.4 Å². The number of pyridine rings is 1. The fourth-order valence-electron chi connectivity index (χ4n) is 4.62. The van der Waals surface area contributed by atoms with Gasteiger partial charge in [0, 0.05) is 37.3 Å². The molecule has 3 amide bonds. The van der Waals surface area contributed by atoms with E-state index in [-0.39, 0.29) is 31.1 Å². The van der Waals surface area contributed by atoms with Gasteiger partial charge in [0.05, 0.1) is 32.0 Å². The van der Waals surface area contributed by atoms with E-state index in [2.05, 4.69) is 15.0 Å². The van der Waals surface area contributed by atoms with E-state index >= 15 is 0 Å². The molecule has 1 saturated carbocycles. The van der Waals surface area contributed by atoms with Gasteiger partial charge in [0.2, 0.25) is 0 Å². The summed E-state index contributed by atoms with van der Waals surface area (Å²) >= 11 is 0. The second-order valence-electron chi connectivity index (χ2n) is 10.7. The molecule has 0 aromatic carbocycles. The van der Waals surface area contributed by atoms with Crippen LogP contribution in [-0.2, 0) is 25.5 Å². The number of hydrogen-bond acceptors (Lipinski definition) is 8. The predicted molar refractivity (Wildman–Crippen MR) is 138 cm³/mol. The molecule has 0 radical (unpaired) electrons. The number of fused-ring (bicyclic) bond motifs is 1. The molecule has 0 spiro atoms. The van der Waals surface area contributed by atoms with Gasteiger partial charge in [-0.15, -0.1) is 0 Å². The number of amides is 3. The fourth-order valence-corrected chi connectivity index (χ4v) is 4.62. The van der Waals surface area contributed by atoms with Crippen LogP contribution in [0.5, 0.6) is 0 Å². The molecule has 2 atom stereocenters. The Balaban J connectivity index is 1.51. The van der Waals surface area contributed by atoms with Gasteiger partial charge in [-0.25, -0.2) is 19.3 Å². The van der Waals surface area contributed by atoms with Crippen molar-refractivity contribution in [2.75, 3.05) is 33.4 Å². The summed E-state index contributed by atoms with van der Waals surface area (Å²) in [4.78, 5) is 45.7. The molecule has 1 unspecified atom stereocenters. The second-order valence-corrected chi connectivity index (χ2v) is 10.7. The van der Waals surface area contributed by atoms with Gasteiger partial charge >= 0.3 is 12.2 Å². The number of ether oxygens (including phenoxy) is 3. The second kappa shape index (κ2) is 11.5. The van der Waals surface area contributed by atoms with Crippen molar-refractivity contribution in [1.29, 1.82) is 0 Å². The first kappa shape index (κ1) is 27.6. The molecule has 3 heterocycles. The van der Waals surface area contributed by atoms with Gasteiger partial charge in [0.1, 0.15) is 5.60 Å². The number of nitrogens with one attached hydrogen (secondary N) is 1. The van der Waals surface area contributed by atoms with Crippen LogP contribution in [0, 0.1) is 0 Å². The highest BCUT2D eigenvalue weighted by Crippen LogP contribution is 2.37. The average molecular weight is 531 g/mol. The number of carbonyl (C=O) groups is 3. The summed E-state index contributed by atoms with van der Waals surface area (Å²) in [5, 5.41) is 8.40. The molecule has 4 rings (SSSR count). The molecule has 2 aliphatic rings. The molecule has 1 saturated heterocycles. The number of aryl methyl sites for hydroxylation is 1. The Labute approximate surface area is 222 Å². The summed E-state index contributed by atoms with van der Waals surface area (Å²) < 4.78 is 17.8. The van der Waals surface area contributed by atoms with Crippen LogP contribution < -0.4 is 5.32 Å². The first-order valence-electron chi connectivity index (χ1n) is 13.1. The summed E-state index contributed by atoms with van der Waals surface area (Å²) in [7, 11) is 1.33. The molecule has 1 aliphatic heterocycles. The molecular weight excluding hydrogens is 492 g/mol. The van der Waals surface area contributed by atoms with Gasteiger partial charge < -0.3 is 29.3 Å². The third-order valence-corrected chi connectivity index (χ3v) is 6.54. The van der Waals surface area contributed by atoms with Crippen molar-refractivity contribution in [3.05, 3.63) is 24.0 Å². The summed E-state index contributed by atoms with van der Waals surface area (Å²) in [6, 6.07) is 3.59. The molecule has 2 aromatic rings. The normalized spacial score (nSPS) is 18.7. The maximum atomic E-state index is 13.8. The van der Waals surface area contributed by atoms with Crippen LogP contribution in [0.15, 0.2) is 18.3 Å². The molecule has 2 fully saturated rings. The minimum atomic E-state index is -0.768. The Hall–Kier alpha value is -3.41. The van der Waals surface area contributed by atoms with Crippen LogP contribution in [0.3, 0.4) is 0 Å². The first-order valence-corrected chi connectivity index (χ1v) is 13.1. The van der Waals surface area contributed by atoms with Crippen molar-refractivity contribution in [1.82, 2.24) is 29.9 Å². The Bertz CT molecular complexity index is 1160. The lowest BCUT2D eigenvalue weighted by atomic mass is 10.1. The van der Waals surface area contributed by atoms with Gasteiger partial charge in [0.25, 0.3) is 5.91 Å². The maximum absolute atomic E-state index is 13.8. The van der Waals surface area contributed by atoms with E-state index in [0.29, 0.717) is 26.1 Å². The van der Waals surface area contributed by atoms with Gasteiger partial charge in [0.15, 0.2) is 11.8 Å². The molecule has 1 N–H and O–H groups in total. The molecule has 38 heavy (non-hydrogen) atoms. The van der Waals surface area contributed by atoms with E-state index in [1.54, 1.807) is 11.1 Å². The minimum absolute atomic E-state index is 0.0964. The van der Waals surface area contributed by atoms with Gasteiger partial charge in [-0.1, -0.05) is 0 Å². The quantitative estimate of drug-likeness (QED) is 0.516. The highest BCUT2D eigenvalue weighted by atomic mass is 16.6. The topological polar surface area (TPSA) is 128 Å². The summed E-state index contributed by atoms with van der Waals surface area (Å²) in [6.07, 6.45) is 2.49. The zero-order chi connectivity index (χ0) is 27.4. The van der Waals surface area contributed by atoms with Gasteiger partial charge in [-0.3, -0.25) is 4.79 Å². The third kappa shape index (κ3) is 6.53. The average Bonchev–Trinajstić information content (AvgIpc) is 3.65. The van der Waals surface area contributed by atoms with E-state index in [1.807, 2.05) is 49.4 Å². The zero-order valence-electron chi connectivity index (χ0n) is 22.8. The Morgan fingerprint density at radius 2 is 2.05 bits per heavy atom. The molecule has 208 valence electrons. The Morgan fingerprint density at radius 3 is 2.74 bits per heavy atom. The van der Waals surface area contributed by atoms with Crippen LogP contribution in [0.2, 0.25) is 0 Å². The van der Waals surface area contributed by atoms with Crippen LogP contribution in [0.4, 0.5) is 9.59 Å². The molecule has 1 aliphatic carbocycles. The highest BCUT2D eigenvalue weighted by molar-refractivity contribution is 5.85. The van der Waals surface area contributed by atoms with Gasteiger partial charge in [-0.2, -0.15) is 5.10 Å². The lowest BCUT2D eigenvalue weighted by Crippen LogP contribution is -2.54. The number of methoxy groups -OCH3 is 1. The zero-order valence-corrected chi connectivity index (χ0v) is 22.8. The molecule has 12 nitrogen and oxygen atoms in total. The highest BCUT2D eigenvalue weighted by Gasteiger charge is 2.42. The van der Waals surface area contributed by atoms with E-state index in [1.165, 1.54) is 7.11 Å². The van der Waals surface area contributed by atoms with Crippen LogP contribution in [-0.4, -0.2) is 93.8 Å². The number of rotatable bonds is 8. The number of nitrogens with zero attached hydrogens (tertiary/aromatic N) is 5. The fraction of sp³-hybridized carbons (Fsp3) is 0.654.